The number of carbonyl (C=O) groups is 1. The average molecular weight is 472 g/mol. The lowest BCUT2D eigenvalue weighted by molar-refractivity contribution is 0.0955. The predicted molar refractivity (Wildman–Crippen MR) is 134 cm³/mol. The molecule has 180 valence electrons. The van der Waals surface area contributed by atoms with Crippen molar-refractivity contribution in [1.29, 1.82) is 0 Å². The van der Waals surface area contributed by atoms with Gasteiger partial charge in [0.1, 0.15) is 5.75 Å². The van der Waals surface area contributed by atoms with Gasteiger partial charge in [-0.2, -0.15) is 5.10 Å². The average Bonchev–Trinajstić information content (AvgIpc) is 2.87. The number of hydrogen-bond donors (Lipinski definition) is 1. The van der Waals surface area contributed by atoms with Crippen molar-refractivity contribution in [1.82, 2.24) is 19.9 Å². The van der Waals surface area contributed by atoms with Crippen molar-refractivity contribution in [3.05, 3.63) is 93.7 Å². The number of amides is 1. The number of ether oxygens (including phenoxy) is 1. The highest BCUT2D eigenvalue weighted by atomic mass is 16.5. The number of piperidine rings is 1. The quantitative estimate of drug-likeness (QED) is 0.423. The van der Waals surface area contributed by atoms with E-state index in [2.05, 4.69) is 32.5 Å². The lowest BCUT2D eigenvalue weighted by Gasteiger charge is -2.43. The lowest BCUT2D eigenvalue weighted by Crippen LogP contribution is -2.46. The summed E-state index contributed by atoms with van der Waals surface area (Å²) < 4.78 is 7.87. The number of likely N-dealkylation sites (tertiary alicyclic amines) is 1. The van der Waals surface area contributed by atoms with Crippen molar-refractivity contribution >= 4 is 12.1 Å². The van der Waals surface area contributed by atoms with E-state index in [0.29, 0.717) is 24.0 Å². The fourth-order valence-corrected chi connectivity index (χ4v) is 5.20. The first-order chi connectivity index (χ1) is 17.1. The van der Waals surface area contributed by atoms with E-state index in [4.69, 9.17) is 4.74 Å². The molecule has 35 heavy (non-hydrogen) atoms. The first kappa shape index (κ1) is 23.0. The number of nitrogens with zero attached hydrogens (tertiary/aromatic N) is 4. The second-order valence-electron chi connectivity index (χ2n) is 9.13. The molecule has 8 heteroatoms. The number of fused-ring (bicyclic) bond motifs is 4. The van der Waals surface area contributed by atoms with Crippen molar-refractivity contribution in [2.75, 3.05) is 19.7 Å². The Labute approximate surface area is 204 Å². The van der Waals surface area contributed by atoms with Crippen molar-refractivity contribution < 1.29 is 9.53 Å². The largest absolute Gasteiger partial charge is 0.494 e. The molecule has 3 aromatic rings. The molecular formula is C27H29N5O3. The van der Waals surface area contributed by atoms with Crippen LogP contribution in [-0.4, -0.2) is 46.3 Å². The zero-order chi connectivity index (χ0) is 24.2. The van der Waals surface area contributed by atoms with E-state index in [1.165, 1.54) is 0 Å². The summed E-state index contributed by atoms with van der Waals surface area (Å²) in [5.41, 5.74) is 6.28. The Morgan fingerprint density at radius 3 is 2.86 bits per heavy atom. The van der Waals surface area contributed by atoms with E-state index in [0.717, 1.165) is 55.2 Å². The van der Waals surface area contributed by atoms with Crippen LogP contribution in [0.5, 0.6) is 5.75 Å². The molecule has 0 aliphatic carbocycles. The molecule has 2 aliphatic rings. The number of nitrogens with one attached hydrogen (secondary N) is 1. The van der Waals surface area contributed by atoms with Gasteiger partial charge >= 0.3 is 0 Å². The Morgan fingerprint density at radius 1 is 1.17 bits per heavy atom. The molecule has 8 nitrogen and oxygen atoms in total. The molecule has 2 aromatic heterocycles. The zero-order valence-electron chi connectivity index (χ0n) is 19.8. The van der Waals surface area contributed by atoms with Crippen LogP contribution in [0.25, 0.3) is 0 Å². The van der Waals surface area contributed by atoms with E-state index < -0.39 is 0 Å². The van der Waals surface area contributed by atoms with Crippen LogP contribution in [0.3, 0.4) is 0 Å². The Morgan fingerprint density at radius 2 is 2.03 bits per heavy atom. The fraction of sp³-hybridized carbons (Fsp3) is 0.333. The molecule has 2 aliphatic heterocycles. The van der Waals surface area contributed by atoms with E-state index in [-0.39, 0.29) is 11.5 Å². The first-order valence-corrected chi connectivity index (χ1v) is 12.0. The van der Waals surface area contributed by atoms with Crippen molar-refractivity contribution in [2.45, 2.75) is 32.4 Å². The van der Waals surface area contributed by atoms with Crippen molar-refractivity contribution in [2.24, 2.45) is 11.0 Å². The third kappa shape index (κ3) is 5.17. The number of benzene rings is 1. The maximum Gasteiger partial charge on any atom is 0.271 e. The number of carbonyl (C=O) groups excluding carboxylic acids is 1. The number of aromatic nitrogens is 2. The van der Waals surface area contributed by atoms with E-state index in [1.54, 1.807) is 36.8 Å². The Balaban J connectivity index is 1.30. The van der Waals surface area contributed by atoms with Crippen LogP contribution in [0.15, 0.2) is 70.8 Å². The maximum atomic E-state index is 12.3. The van der Waals surface area contributed by atoms with Gasteiger partial charge in [0, 0.05) is 67.4 Å². The van der Waals surface area contributed by atoms with Crippen molar-refractivity contribution in [3.63, 3.8) is 0 Å². The van der Waals surface area contributed by atoms with Gasteiger partial charge in [-0.05, 0) is 61.2 Å². The summed E-state index contributed by atoms with van der Waals surface area (Å²) in [6, 6.07) is 14.9. The summed E-state index contributed by atoms with van der Waals surface area (Å²) in [4.78, 5) is 30.9. The second kappa shape index (κ2) is 10.2. The van der Waals surface area contributed by atoms with Crippen LogP contribution in [0.1, 0.15) is 46.4 Å². The highest BCUT2D eigenvalue weighted by Gasteiger charge is 2.34. The molecule has 1 fully saturated rings. The summed E-state index contributed by atoms with van der Waals surface area (Å²) in [6.07, 6.45) is 5.92. The smallest absolute Gasteiger partial charge is 0.271 e. The minimum Gasteiger partial charge on any atom is -0.494 e. The molecule has 0 unspecified atom stereocenters. The highest BCUT2D eigenvalue weighted by molar-refractivity contribution is 5.94. The maximum absolute atomic E-state index is 12.3. The molecule has 1 N–H and O–H groups in total. The molecule has 2 bridgehead atoms. The summed E-state index contributed by atoms with van der Waals surface area (Å²) in [6.45, 7) is 5.96. The zero-order valence-corrected chi connectivity index (χ0v) is 19.8. The van der Waals surface area contributed by atoms with Crippen molar-refractivity contribution in [3.8, 4) is 5.75 Å². The fourth-order valence-electron chi connectivity index (χ4n) is 5.20. The molecule has 1 aromatic carbocycles. The first-order valence-electron chi connectivity index (χ1n) is 12.0. The molecule has 1 amide bonds. The van der Waals surface area contributed by atoms with Gasteiger partial charge in [0.25, 0.3) is 11.5 Å². The normalized spacial score (nSPS) is 19.3. The standard InChI is InChI=1S/C27H29N5O3/c1-2-35-25-7-6-19(14-29-30-27(34)21-8-10-28-11-9-21)12-23(25)18-31-15-20-13-22(17-31)24-4-3-5-26(33)32(24)16-20/h3-12,14,20,22H,2,13,15-18H2,1H3,(H,30,34)/b29-14-/t20-,22+/m1/s1. The van der Waals surface area contributed by atoms with Gasteiger partial charge < -0.3 is 9.30 Å². The summed E-state index contributed by atoms with van der Waals surface area (Å²) in [5, 5.41) is 4.13. The number of hydrogen-bond acceptors (Lipinski definition) is 6. The van der Waals surface area contributed by atoms with Crippen LogP contribution < -0.4 is 15.7 Å². The van der Waals surface area contributed by atoms with Crippen LogP contribution in [0.2, 0.25) is 0 Å². The van der Waals surface area contributed by atoms with E-state index in [1.807, 2.05) is 29.7 Å². The molecule has 1 saturated heterocycles. The Hall–Kier alpha value is -3.78. The van der Waals surface area contributed by atoms with E-state index in [9.17, 15) is 9.59 Å². The number of hydrazone groups is 1. The third-order valence-corrected chi connectivity index (χ3v) is 6.66. The monoisotopic (exact) mass is 471 g/mol. The van der Waals surface area contributed by atoms with Crippen LogP contribution in [-0.2, 0) is 13.1 Å². The summed E-state index contributed by atoms with van der Waals surface area (Å²) in [5.74, 6) is 1.40. The minimum atomic E-state index is -0.283. The number of rotatable bonds is 7. The second-order valence-corrected chi connectivity index (χ2v) is 9.13. The van der Waals surface area contributed by atoms with Crippen LogP contribution >= 0.6 is 0 Å². The van der Waals surface area contributed by atoms with Gasteiger partial charge in [-0.25, -0.2) is 5.43 Å². The van der Waals surface area contributed by atoms with Gasteiger partial charge in [-0.3, -0.25) is 19.5 Å². The summed E-state index contributed by atoms with van der Waals surface area (Å²) >= 11 is 0. The Bertz CT molecular complexity index is 1290. The molecule has 0 spiro atoms. The van der Waals surface area contributed by atoms with E-state index >= 15 is 0 Å². The van der Waals surface area contributed by atoms with Gasteiger partial charge in [0.2, 0.25) is 0 Å². The molecule has 0 saturated carbocycles. The molecular weight excluding hydrogens is 442 g/mol. The third-order valence-electron chi connectivity index (χ3n) is 6.66. The van der Waals surface area contributed by atoms with Crippen LogP contribution in [0.4, 0.5) is 0 Å². The van der Waals surface area contributed by atoms with Gasteiger partial charge in [-0.1, -0.05) is 6.07 Å². The summed E-state index contributed by atoms with van der Waals surface area (Å²) in [7, 11) is 0. The topological polar surface area (TPSA) is 88.8 Å². The van der Waals surface area contributed by atoms with Gasteiger partial charge in [0.05, 0.1) is 12.8 Å². The highest BCUT2D eigenvalue weighted by Crippen LogP contribution is 2.36. The molecule has 4 heterocycles. The Kier molecular flexibility index (Phi) is 6.72. The SMILES string of the molecule is CCOc1ccc(/C=N\NC(=O)c2ccncc2)cc1CN1C[C@H]2C[C@@H](C1)c1cccc(=O)n1C2. The predicted octanol–water partition coefficient (Wildman–Crippen LogP) is 3.03. The molecule has 5 rings (SSSR count). The minimum absolute atomic E-state index is 0.104. The lowest BCUT2D eigenvalue weighted by atomic mass is 9.83. The number of pyridine rings is 2. The van der Waals surface area contributed by atoms with Crippen LogP contribution in [0, 0.1) is 5.92 Å². The molecule has 0 radical (unpaired) electrons. The van der Waals surface area contributed by atoms with Gasteiger partial charge in [-0.15, -0.1) is 0 Å². The van der Waals surface area contributed by atoms with Gasteiger partial charge in [0.15, 0.2) is 0 Å². The molecule has 2 atom stereocenters.